The van der Waals surface area contributed by atoms with Crippen LogP contribution in [-0.4, -0.2) is 59.4 Å². The van der Waals surface area contributed by atoms with Crippen molar-refractivity contribution in [2.24, 2.45) is 11.8 Å². The van der Waals surface area contributed by atoms with Gasteiger partial charge < -0.3 is 9.80 Å². The first-order chi connectivity index (χ1) is 15.8. The molecule has 3 atom stereocenters. The third-order valence-corrected chi connectivity index (χ3v) is 6.88. The van der Waals surface area contributed by atoms with E-state index in [-0.39, 0.29) is 31.0 Å². The third-order valence-electron chi connectivity index (χ3n) is 6.88. The van der Waals surface area contributed by atoms with E-state index < -0.39 is 12.1 Å². The molecular weight excluding hydrogens is 435 g/mol. The summed E-state index contributed by atoms with van der Waals surface area (Å²) in [6, 6.07) is 3.18. The Balaban J connectivity index is 1.49. The molecule has 2 bridgehead atoms. The number of anilines is 4. The van der Waals surface area contributed by atoms with Crippen LogP contribution in [0.5, 0.6) is 0 Å². The Morgan fingerprint density at radius 3 is 2.73 bits per heavy atom. The summed E-state index contributed by atoms with van der Waals surface area (Å²) >= 11 is 0. The van der Waals surface area contributed by atoms with Crippen molar-refractivity contribution in [2.45, 2.75) is 38.4 Å². The van der Waals surface area contributed by atoms with Gasteiger partial charge in [-0.15, -0.1) is 0 Å². The number of urea groups is 1. The molecule has 0 radical (unpaired) electrons. The van der Waals surface area contributed by atoms with Gasteiger partial charge >= 0.3 is 12.2 Å². The molecule has 2 aromatic rings. The molecule has 11 heteroatoms. The summed E-state index contributed by atoms with van der Waals surface area (Å²) in [5, 5.41) is 2.79. The summed E-state index contributed by atoms with van der Waals surface area (Å²) in [5.74, 6) is 0.148. The van der Waals surface area contributed by atoms with E-state index in [1.165, 1.54) is 18.6 Å². The molecule has 33 heavy (non-hydrogen) atoms. The minimum atomic E-state index is -4.23. The molecule has 0 aromatic carbocycles. The maximum absolute atomic E-state index is 13.4. The number of piperidine rings is 2. The largest absolute Gasteiger partial charge is 0.393 e. The SMILES string of the molecule is CC1CCN2C[C@H]1N(C(=O)Nc1cnccn1)c1nc(N3CCC[C@H](C(F)(F)F)C3)ccc12. The lowest BCUT2D eigenvalue weighted by Gasteiger charge is -2.48. The number of rotatable bonds is 2. The van der Waals surface area contributed by atoms with Crippen molar-refractivity contribution >= 4 is 29.2 Å². The molecule has 0 spiro atoms. The Labute approximate surface area is 189 Å². The van der Waals surface area contributed by atoms with Gasteiger partial charge in [-0.1, -0.05) is 6.92 Å². The highest BCUT2D eigenvalue weighted by Crippen LogP contribution is 2.42. The average Bonchev–Trinajstić information content (AvgIpc) is 2.81. The summed E-state index contributed by atoms with van der Waals surface area (Å²) in [5.41, 5.74) is 0.820. The standard InChI is InChI=1S/C22H26F3N7O/c1-14-6-10-30-13-17(14)32(21(33)28-18-11-26-7-8-27-18)20-16(30)4-5-19(29-20)31-9-2-3-15(12-31)22(23,24)25/h4-5,7-8,11,14-15,17H,2-3,6,9-10,12-13H2,1H3,(H,27,28,33)/t14?,15-,17+/m0/s1. The van der Waals surface area contributed by atoms with Crippen molar-refractivity contribution in [1.29, 1.82) is 0 Å². The molecule has 5 rings (SSSR count). The van der Waals surface area contributed by atoms with Crippen molar-refractivity contribution in [2.75, 3.05) is 46.2 Å². The van der Waals surface area contributed by atoms with Gasteiger partial charge in [-0.05, 0) is 37.3 Å². The summed E-state index contributed by atoms with van der Waals surface area (Å²) in [6.45, 7) is 4.03. The van der Waals surface area contributed by atoms with Crippen LogP contribution in [0.25, 0.3) is 0 Å². The molecule has 0 saturated carbocycles. The lowest BCUT2D eigenvalue weighted by Crippen LogP contribution is -2.59. The fourth-order valence-corrected chi connectivity index (χ4v) is 5.02. The number of hydrogen-bond acceptors (Lipinski definition) is 6. The normalized spacial score (nSPS) is 25.0. The first-order valence-corrected chi connectivity index (χ1v) is 11.2. The predicted molar refractivity (Wildman–Crippen MR) is 119 cm³/mol. The second-order valence-corrected chi connectivity index (χ2v) is 9.01. The highest BCUT2D eigenvalue weighted by molar-refractivity contribution is 6.04. The average molecular weight is 461 g/mol. The van der Waals surface area contributed by atoms with Gasteiger partial charge in [-0.2, -0.15) is 13.2 Å². The van der Waals surface area contributed by atoms with Gasteiger partial charge in [-0.25, -0.2) is 14.8 Å². The van der Waals surface area contributed by atoms with Gasteiger partial charge in [0.2, 0.25) is 0 Å². The summed E-state index contributed by atoms with van der Waals surface area (Å²) in [6.07, 6.45) is 1.76. The Bertz CT molecular complexity index is 1020. The van der Waals surface area contributed by atoms with Gasteiger partial charge in [0.15, 0.2) is 11.6 Å². The monoisotopic (exact) mass is 461 g/mol. The Morgan fingerprint density at radius 2 is 1.97 bits per heavy atom. The van der Waals surface area contributed by atoms with Gasteiger partial charge in [-0.3, -0.25) is 15.2 Å². The van der Waals surface area contributed by atoms with Crippen LogP contribution in [0.15, 0.2) is 30.7 Å². The van der Waals surface area contributed by atoms with E-state index in [0.717, 1.165) is 18.7 Å². The van der Waals surface area contributed by atoms with Crippen LogP contribution < -0.4 is 20.0 Å². The predicted octanol–water partition coefficient (Wildman–Crippen LogP) is 3.92. The zero-order valence-corrected chi connectivity index (χ0v) is 18.3. The molecule has 2 fully saturated rings. The third kappa shape index (κ3) is 4.16. The number of nitrogens with zero attached hydrogens (tertiary/aromatic N) is 6. The van der Waals surface area contributed by atoms with Crippen molar-refractivity contribution in [3.8, 4) is 0 Å². The molecular formula is C22H26F3N7O. The fraction of sp³-hybridized carbons (Fsp3) is 0.545. The summed E-state index contributed by atoms with van der Waals surface area (Å²) in [7, 11) is 0. The molecule has 3 aliphatic rings. The van der Waals surface area contributed by atoms with Gasteiger partial charge in [0, 0.05) is 38.6 Å². The zero-order valence-electron chi connectivity index (χ0n) is 18.3. The minimum Gasteiger partial charge on any atom is -0.366 e. The van der Waals surface area contributed by atoms with Crippen LogP contribution in [0, 0.1) is 11.8 Å². The maximum atomic E-state index is 13.4. The number of carbonyl (C=O) groups is 1. The van der Waals surface area contributed by atoms with Crippen molar-refractivity contribution in [3.63, 3.8) is 0 Å². The zero-order chi connectivity index (χ0) is 23.2. The van der Waals surface area contributed by atoms with E-state index >= 15 is 0 Å². The number of carbonyl (C=O) groups excluding carboxylic acids is 1. The summed E-state index contributed by atoms with van der Waals surface area (Å²) < 4.78 is 40.1. The maximum Gasteiger partial charge on any atom is 0.393 e. The van der Waals surface area contributed by atoms with Crippen LogP contribution in [0.2, 0.25) is 0 Å². The van der Waals surface area contributed by atoms with Crippen LogP contribution in [-0.2, 0) is 0 Å². The van der Waals surface area contributed by atoms with Crippen molar-refractivity contribution in [3.05, 3.63) is 30.7 Å². The quantitative estimate of drug-likeness (QED) is 0.731. The second kappa shape index (κ2) is 8.35. The summed E-state index contributed by atoms with van der Waals surface area (Å²) in [4.78, 5) is 31.8. The molecule has 2 aromatic heterocycles. The van der Waals surface area contributed by atoms with E-state index in [1.54, 1.807) is 15.9 Å². The minimum absolute atomic E-state index is 0.102. The number of pyridine rings is 1. The highest BCUT2D eigenvalue weighted by atomic mass is 19.4. The van der Waals surface area contributed by atoms with Crippen LogP contribution in [0.4, 0.5) is 41.1 Å². The lowest BCUT2D eigenvalue weighted by molar-refractivity contribution is -0.176. The van der Waals surface area contributed by atoms with Gasteiger partial charge in [0.05, 0.1) is 23.8 Å². The molecule has 3 aliphatic heterocycles. The molecule has 8 nitrogen and oxygen atoms in total. The lowest BCUT2D eigenvalue weighted by atomic mass is 9.89. The van der Waals surface area contributed by atoms with Gasteiger partial charge in [0.1, 0.15) is 5.82 Å². The Kier molecular flexibility index (Phi) is 5.49. The number of halogens is 3. The van der Waals surface area contributed by atoms with E-state index in [1.807, 2.05) is 6.07 Å². The van der Waals surface area contributed by atoms with Gasteiger partial charge in [0.25, 0.3) is 0 Å². The second-order valence-electron chi connectivity index (χ2n) is 9.01. The van der Waals surface area contributed by atoms with E-state index in [2.05, 4.69) is 27.1 Å². The Morgan fingerprint density at radius 1 is 1.12 bits per heavy atom. The van der Waals surface area contributed by atoms with Crippen LogP contribution >= 0.6 is 0 Å². The van der Waals surface area contributed by atoms with E-state index in [9.17, 15) is 18.0 Å². The van der Waals surface area contributed by atoms with Crippen molar-refractivity contribution < 1.29 is 18.0 Å². The molecule has 1 N–H and O–H groups in total. The number of nitrogens with one attached hydrogen (secondary N) is 1. The van der Waals surface area contributed by atoms with E-state index in [4.69, 9.17) is 4.98 Å². The molecule has 0 aliphatic carbocycles. The van der Waals surface area contributed by atoms with Crippen molar-refractivity contribution in [1.82, 2.24) is 15.0 Å². The molecule has 2 saturated heterocycles. The molecule has 176 valence electrons. The number of alkyl halides is 3. The highest BCUT2D eigenvalue weighted by Gasteiger charge is 2.44. The topological polar surface area (TPSA) is 77.5 Å². The number of aromatic nitrogens is 3. The Hall–Kier alpha value is -3.11. The van der Waals surface area contributed by atoms with E-state index in [0.29, 0.717) is 37.0 Å². The van der Waals surface area contributed by atoms with Crippen LogP contribution in [0.3, 0.4) is 0 Å². The first kappa shape index (κ1) is 21.7. The fourth-order valence-electron chi connectivity index (χ4n) is 5.02. The molecule has 1 unspecified atom stereocenters. The molecule has 2 amide bonds. The number of hydrogen-bond donors (Lipinski definition) is 1. The molecule has 5 heterocycles. The number of fused-ring (bicyclic) bond motifs is 4. The first-order valence-electron chi connectivity index (χ1n) is 11.2. The number of amides is 2. The van der Waals surface area contributed by atoms with Crippen LogP contribution in [0.1, 0.15) is 26.2 Å². The smallest absolute Gasteiger partial charge is 0.366 e.